The van der Waals surface area contributed by atoms with Crippen molar-refractivity contribution >= 4 is 23.0 Å². The van der Waals surface area contributed by atoms with Crippen LogP contribution in [-0.4, -0.2) is 33.1 Å². The smallest absolute Gasteiger partial charge is 0.161 e. The first-order valence-corrected chi connectivity index (χ1v) is 7.84. The molecule has 0 spiro atoms. The molecule has 0 atom stereocenters. The van der Waals surface area contributed by atoms with Gasteiger partial charge in [-0.05, 0) is 18.6 Å². The third kappa shape index (κ3) is 3.62. The number of aromatic nitrogens is 4. The number of nitrogens with zero attached hydrogens (tertiary/aromatic N) is 5. The van der Waals surface area contributed by atoms with Crippen LogP contribution in [0, 0.1) is 0 Å². The monoisotopic (exact) mass is 323 g/mol. The quantitative estimate of drug-likeness (QED) is 0.650. The van der Waals surface area contributed by atoms with Crippen LogP contribution in [0.25, 0.3) is 0 Å². The Hall–Kier alpha value is -3.09. The van der Waals surface area contributed by atoms with Crippen molar-refractivity contribution in [2.75, 3.05) is 29.5 Å². The van der Waals surface area contributed by atoms with Crippen molar-refractivity contribution in [1.82, 2.24) is 19.5 Å². The predicted molar refractivity (Wildman–Crippen MR) is 96.3 cm³/mol. The lowest BCUT2D eigenvalue weighted by atomic mass is 10.3. The number of hydrogen-bond acceptors (Lipinski definition) is 6. The highest BCUT2D eigenvalue weighted by Gasteiger charge is 2.13. The van der Waals surface area contributed by atoms with Gasteiger partial charge in [0.25, 0.3) is 0 Å². The van der Waals surface area contributed by atoms with Crippen LogP contribution >= 0.6 is 0 Å². The third-order valence-corrected chi connectivity index (χ3v) is 3.77. The van der Waals surface area contributed by atoms with Gasteiger partial charge in [0, 0.05) is 38.2 Å². The van der Waals surface area contributed by atoms with E-state index in [2.05, 4.69) is 20.3 Å². The summed E-state index contributed by atoms with van der Waals surface area (Å²) >= 11 is 0. The Morgan fingerprint density at radius 3 is 2.79 bits per heavy atom. The molecule has 0 radical (unpaired) electrons. The van der Waals surface area contributed by atoms with E-state index in [0.29, 0.717) is 17.3 Å². The van der Waals surface area contributed by atoms with Crippen LogP contribution in [0.1, 0.15) is 6.42 Å². The summed E-state index contributed by atoms with van der Waals surface area (Å²) in [5.74, 6) is 1.35. The van der Waals surface area contributed by atoms with Gasteiger partial charge in [-0.3, -0.25) is 0 Å². The largest absolute Gasteiger partial charge is 0.393 e. The fourth-order valence-electron chi connectivity index (χ4n) is 2.46. The number of imidazole rings is 1. The maximum atomic E-state index is 6.25. The van der Waals surface area contributed by atoms with E-state index >= 15 is 0 Å². The van der Waals surface area contributed by atoms with E-state index in [1.807, 2.05) is 59.4 Å². The van der Waals surface area contributed by atoms with Crippen molar-refractivity contribution in [3.63, 3.8) is 0 Å². The van der Waals surface area contributed by atoms with Gasteiger partial charge >= 0.3 is 0 Å². The van der Waals surface area contributed by atoms with Gasteiger partial charge in [-0.15, -0.1) is 0 Å². The normalized spacial score (nSPS) is 10.5. The first kappa shape index (κ1) is 15.8. The molecule has 0 aliphatic carbocycles. The minimum atomic E-state index is 0.548. The van der Waals surface area contributed by atoms with Gasteiger partial charge in [0.1, 0.15) is 12.0 Å². The van der Waals surface area contributed by atoms with Gasteiger partial charge in [0.05, 0.1) is 6.33 Å². The molecule has 7 nitrogen and oxygen atoms in total. The zero-order chi connectivity index (χ0) is 16.8. The molecule has 0 aliphatic rings. The number of para-hydroxylation sites is 1. The van der Waals surface area contributed by atoms with Crippen molar-refractivity contribution in [3.8, 4) is 0 Å². The van der Waals surface area contributed by atoms with Crippen LogP contribution in [0.3, 0.4) is 0 Å². The zero-order valence-electron chi connectivity index (χ0n) is 13.6. The summed E-state index contributed by atoms with van der Waals surface area (Å²) < 4.78 is 2.04. The van der Waals surface area contributed by atoms with E-state index in [-0.39, 0.29) is 0 Å². The van der Waals surface area contributed by atoms with Crippen LogP contribution < -0.4 is 16.0 Å². The summed E-state index contributed by atoms with van der Waals surface area (Å²) in [6.45, 7) is 1.67. The molecule has 2 heterocycles. The molecule has 0 unspecified atom stereocenters. The summed E-state index contributed by atoms with van der Waals surface area (Å²) in [6, 6.07) is 9.98. The molecule has 3 N–H and O–H groups in total. The van der Waals surface area contributed by atoms with Crippen LogP contribution in [-0.2, 0) is 6.54 Å². The van der Waals surface area contributed by atoms with Crippen LogP contribution in [0.5, 0.6) is 0 Å². The molecular formula is C17H21N7. The standard InChI is InChI=1S/C17H21N7/c1-23(14-6-3-2-4-7-14)17-15(18)16(21-12-22-17)20-8-5-10-24-11-9-19-13-24/h2-4,6-7,9,11-13H,5,8,10,18H2,1H3,(H,20,21,22). The Morgan fingerprint density at radius 1 is 1.21 bits per heavy atom. The second-order valence-electron chi connectivity index (χ2n) is 5.43. The van der Waals surface area contributed by atoms with Crippen molar-refractivity contribution in [3.05, 3.63) is 55.4 Å². The summed E-state index contributed by atoms with van der Waals surface area (Å²) in [6.07, 6.45) is 8.02. The number of nitrogens with one attached hydrogen (secondary N) is 1. The minimum Gasteiger partial charge on any atom is -0.393 e. The first-order chi connectivity index (χ1) is 11.8. The number of hydrogen-bond donors (Lipinski definition) is 2. The lowest BCUT2D eigenvalue weighted by molar-refractivity contribution is 0.660. The molecule has 1 aromatic carbocycles. The summed E-state index contributed by atoms with van der Waals surface area (Å²) in [4.78, 5) is 14.6. The summed E-state index contributed by atoms with van der Waals surface area (Å²) in [7, 11) is 1.94. The summed E-state index contributed by atoms with van der Waals surface area (Å²) in [5.41, 5.74) is 7.82. The Kier molecular flexibility index (Phi) is 4.90. The van der Waals surface area contributed by atoms with Gasteiger partial charge in [-0.25, -0.2) is 15.0 Å². The van der Waals surface area contributed by atoms with Crippen molar-refractivity contribution in [2.45, 2.75) is 13.0 Å². The van der Waals surface area contributed by atoms with Gasteiger partial charge < -0.3 is 20.5 Å². The molecule has 124 valence electrons. The molecule has 0 bridgehead atoms. The first-order valence-electron chi connectivity index (χ1n) is 7.84. The van der Waals surface area contributed by atoms with Gasteiger partial charge in [-0.1, -0.05) is 18.2 Å². The average molecular weight is 323 g/mol. The van der Waals surface area contributed by atoms with Crippen LogP contribution in [0.15, 0.2) is 55.4 Å². The molecule has 0 fully saturated rings. The van der Waals surface area contributed by atoms with E-state index in [4.69, 9.17) is 5.73 Å². The maximum absolute atomic E-state index is 6.25. The fourth-order valence-corrected chi connectivity index (χ4v) is 2.46. The number of anilines is 4. The minimum absolute atomic E-state index is 0.548. The Morgan fingerprint density at radius 2 is 2.04 bits per heavy atom. The van der Waals surface area contributed by atoms with Crippen molar-refractivity contribution in [2.24, 2.45) is 0 Å². The van der Waals surface area contributed by atoms with E-state index in [1.165, 1.54) is 6.33 Å². The number of rotatable bonds is 7. The van der Waals surface area contributed by atoms with Crippen molar-refractivity contribution < 1.29 is 0 Å². The number of nitrogens with two attached hydrogens (primary N) is 1. The summed E-state index contributed by atoms with van der Waals surface area (Å²) in [5, 5.41) is 3.29. The Bertz CT molecular complexity index is 756. The van der Waals surface area contributed by atoms with E-state index in [9.17, 15) is 0 Å². The number of benzene rings is 1. The van der Waals surface area contributed by atoms with E-state index < -0.39 is 0 Å². The molecule has 7 heteroatoms. The molecule has 0 amide bonds. The van der Waals surface area contributed by atoms with Gasteiger partial charge in [0.15, 0.2) is 11.6 Å². The topological polar surface area (TPSA) is 84.9 Å². The molecule has 0 saturated carbocycles. The highest BCUT2D eigenvalue weighted by Crippen LogP contribution is 2.30. The van der Waals surface area contributed by atoms with Crippen LogP contribution in [0.4, 0.5) is 23.0 Å². The number of nitrogen functional groups attached to an aromatic ring is 1. The predicted octanol–water partition coefficient (Wildman–Crippen LogP) is 2.53. The molecule has 0 aliphatic heterocycles. The van der Waals surface area contributed by atoms with E-state index in [0.717, 1.165) is 25.2 Å². The number of aryl methyl sites for hydroxylation is 1. The molecule has 0 saturated heterocycles. The molecule has 24 heavy (non-hydrogen) atoms. The van der Waals surface area contributed by atoms with Crippen LogP contribution in [0.2, 0.25) is 0 Å². The maximum Gasteiger partial charge on any atom is 0.161 e. The highest BCUT2D eigenvalue weighted by atomic mass is 15.2. The zero-order valence-corrected chi connectivity index (χ0v) is 13.6. The SMILES string of the molecule is CN(c1ccccc1)c1ncnc(NCCCn2ccnc2)c1N. The fraction of sp³-hybridized carbons (Fsp3) is 0.235. The molecule has 3 rings (SSSR count). The Labute approximate surface area is 141 Å². The molecule has 3 aromatic rings. The lowest BCUT2D eigenvalue weighted by Gasteiger charge is -2.21. The molecular weight excluding hydrogens is 302 g/mol. The Balaban J connectivity index is 1.64. The van der Waals surface area contributed by atoms with Crippen molar-refractivity contribution in [1.29, 1.82) is 0 Å². The average Bonchev–Trinajstić information content (AvgIpc) is 3.13. The molecule has 2 aromatic heterocycles. The van der Waals surface area contributed by atoms with Gasteiger partial charge in [0.2, 0.25) is 0 Å². The van der Waals surface area contributed by atoms with Gasteiger partial charge in [-0.2, -0.15) is 0 Å². The highest BCUT2D eigenvalue weighted by molar-refractivity contribution is 5.78. The van der Waals surface area contributed by atoms with E-state index in [1.54, 1.807) is 6.20 Å². The lowest BCUT2D eigenvalue weighted by Crippen LogP contribution is -2.16. The third-order valence-electron chi connectivity index (χ3n) is 3.77. The second kappa shape index (κ2) is 7.45. The second-order valence-corrected chi connectivity index (χ2v) is 5.43.